The van der Waals surface area contributed by atoms with Crippen molar-refractivity contribution in [3.63, 3.8) is 0 Å². The van der Waals surface area contributed by atoms with Crippen LogP contribution < -0.4 is 0 Å². The number of hydrogen-bond donors (Lipinski definition) is 0. The molecule has 0 radical (unpaired) electrons. The summed E-state index contributed by atoms with van der Waals surface area (Å²) in [7, 11) is 0. The highest BCUT2D eigenvalue weighted by Crippen LogP contribution is 2.42. The predicted molar refractivity (Wildman–Crippen MR) is 382 cm³/mol. The lowest BCUT2D eigenvalue weighted by Gasteiger charge is -2.29. The number of aryl methyl sites for hydroxylation is 3. The van der Waals surface area contributed by atoms with Gasteiger partial charge in [0.2, 0.25) is 0 Å². The smallest absolute Gasteiger partial charge is 0.0617 e. The van der Waals surface area contributed by atoms with Gasteiger partial charge in [0.05, 0.1) is 15.1 Å². The highest BCUT2D eigenvalue weighted by molar-refractivity contribution is 5.93. The molecule has 0 saturated heterocycles. The van der Waals surface area contributed by atoms with Crippen LogP contribution in [0.1, 0.15) is 285 Å². The van der Waals surface area contributed by atoms with Crippen LogP contribution in [-0.4, -0.2) is 0 Å². The van der Waals surface area contributed by atoms with E-state index >= 15 is 0 Å². The molecule has 0 amide bonds. The molecule has 8 aromatic rings. The van der Waals surface area contributed by atoms with Gasteiger partial charge in [-0.3, -0.25) is 0 Å². The quantitative estimate of drug-likeness (QED) is 0.142. The zero-order chi connectivity index (χ0) is 76.7. The number of fused-ring (bicyclic) bond motifs is 3. The Hall–Kier alpha value is -5.46. The number of benzene rings is 8. The van der Waals surface area contributed by atoms with Gasteiger partial charge >= 0.3 is 0 Å². The fourth-order valence-electron chi connectivity index (χ4n) is 11.4. The molecule has 0 N–H and O–H groups in total. The average molecular weight is 1140 g/mol. The molecule has 0 heterocycles. The molecule has 456 valence electrons. The van der Waals surface area contributed by atoms with Gasteiger partial charge in [-0.2, -0.15) is 0 Å². The van der Waals surface area contributed by atoms with Crippen molar-refractivity contribution in [3.05, 3.63) is 209 Å². The molecule has 0 aliphatic carbocycles. The van der Waals surface area contributed by atoms with Gasteiger partial charge < -0.3 is 0 Å². The molecule has 0 nitrogen and oxygen atoms in total. The van der Waals surface area contributed by atoms with Gasteiger partial charge in [0.15, 0.2) is 0 Å². The van der Waals surface area contributed by atoms with Gasteiger partial charge in [-0.25, -0.2) is 0 Å². The van der Waals surface area contributed by atoms with Crippen LogP contribution in [-0.2, 0) is 43.3 Å². The van der Waals surface area contributed by atoms with E-state index in [2.05, 4.69) is 136 Å². The third-order valence-corrected chi connectivity index (χ3v) is 16.0. The zero-order valence-corrected chi connectivity index (χ0v) is 59.0. The van der Waals surface area contributed by atoms with Crippen LogP contribution >= 0.6 is 0 Å². The first kappa shape index (κ1) is 51.7. The third kappa shape index (κ3) is 17.6. The van der Waals surface area contributed by atoms with E-state index in [9.17, 15) is 0 Å². The van der Waals surface area contributed by atoms with E-state index in [0.29, 0.717) is 47.2 Å². The summed E-state index contributed by atoms with van der Waals surface area (Å²) in [6.07, 6.45) is 0. The van der Waals surface area contributed by atoms with Crippen molar-refractivity contribution in [1.82, 2.24) is 0 Å². The Bertz CT molecular complexity index is 4210. The zero-order valence-electron chi connectivity index (χ0n) is 73.0. The van der Waals surface area contributed by atoms with Crippen LogP contribution in [0.5, 0.6) is 0 Å². The van der Waals surface area contributed by atoms with Crippen molar-refractivity contribution in [3.8, 4) is 0 Å². The minimum atomic E-state index is -2.04. The first-order chi connectivity index (χ1) is 43.8. The normalized spacial score (nSPS) is 15.2. The summed E-state index contributed by atoms with van der Waals surface area (Å²) >= 11 is 0. The van der Waals surface area contributed by atoms with E-state index in [4.69, 9.17) is 19.2 Å². The van der Waals surface area contributed by atoms with E-state index in [1.165, 1.54) is 27.8 Å². The van der Waals surface area contributed by atoms with Gasteiger partial charge in [-0.1, -0.05) is 292 Å². The summed E-state index contributed by atoms with van der Waals surface area (Å²) in [5.74, 6) is 0. The monoisotopic (exact) mass is 1140 g/mol. The molecule has 0 atom stereocenters. The second kappa shape index (κ2) is 25.9. The van der Waals surface area contributed by atoms with Crippen molar-refractivity contribution in [2.75, 3.05) is 0 Å². The summed E-state index contributed by atoms with van der Waals surface area (Å²) < 4.78 is 114. The van der Waals surface area contributed by atoms with Gasteiger partial charge in [0, 0.05) is 4.11 Å². The fraction of sp³-hybridized carbons (Fsp3) is 0.500. The number of hydrogen-bond acceptors (Lipinski definition) is 0. The van der Waals surface area contributed by atoms with E-state index < -0.39 is 12.3 Å². The molecule has 0 bridgehead atoms. The van der Waals surface area contributed by atoms with Gasteiger partial charge in [0.1, 0.15) is 0 Å². The van der Waals surface area contributed by atoms with Crippen LogP contribution in [0, 0.1) is 69.2 Å². The van der Waals surface area contributed by atoms with Gasteiger partial charge in [0.25, 0.3) is 0 Å². The maximum Gasteiger partial charge on any atom is 0.0632 e. The van der Waals surface area contributed by atoms with Crippen molar-refractivity contribution >= 4 is 32.3 Å². The molecule has 0 fully saturated rings. The standard InChI is InChI=1S/2C20H28.C19H26.C13H20.C12H18/c2*1-13-9-10-15-16(11-13)14(2)17(19(3,4)5)12-18(15)20(6,7)8;1-13-14-10-8-9-11-15(14)17(19(5,6)7)12-16(13)18(2,3)4;1-9-7-10(2)11(3)12(8-9)13(4,5)6;1-9-7-6-8-11(10(9)2)12(3,4)5/h2*9-12H,1-8H3;8-12H,1-7H3;7-8H,1-6H3;6-8H,1-5H3/i9D,10D,11D,12D;9D,11D;5D3;7D,8D;6D,7D,8D. The second-order valence-corrected chi connectivity index (χ2v) is 31.7. The molecule has 0 spiro atoms. The lowest BCUT2D eigenvalue weighted by atomic mass is 9.75. The summed E-state index contributed by atoms with van der Waals surface area (Å²) in [4.78, 5) is 0. The molecule has 0 aromatic heterocycles. The lowest BCUT2D eigenvalue weighted by Crippen LogP contribution is -2.18. The van der Waals surface area contributed by atoms with E-state index in [-0.39, 0.29) is 68.1 Å². The van der Waals surface area contributed by atoms with E-state index in [0.717, 1.165) is 93.7 Å². The first-order valence-corrected chi connectivity index (χ1v) is 30.6. The Morgan fingerprint density at radius 2 is 0.643 bits per heavy atom. The van der Waals surface area contributed by atoms with Crippen molar-refractivity contribution < 1.29 is 19.2 Å². The van der Waals surface area contributed by atoms with Crippen molar-refractivity contribution in [1.29, 1.82) is 0 Å². The Morgan fingerprint density at radius 1 is 0.262 bits per heavy atom. The topological polar surface area (TPSA) is 0 Å². The molecular formula is C84H120. The SMILES string of the molecule is [2H]C([2H])([2H])C(C)(C)c1cc(C(C)(C)C)c(C)c2ccccc12.[2H]c1c(C)c([2H])c(C(C)(C)C)c(C)c1C.[2H]c1c(C)c([2H])c2c(C)c(C(C)(C)C)c([2H])c(C(C)(C)C)c2c1[2H].[2H]c1c([2H])c(C)c(C)c(C(C)(C)C)c1[2H].[2H]c1cc2c(C(C)(C)C)cc(C(C)(C)C)c(C)c2c([2H])c1C. The highest BCUT2D eigenvalue weighted by Gasteiger charge is 2.28. The summed E-state index contributed by atoms with van der Waals surface area (Å²) in [5, 5.41) is 5.64. The minimum Gasteiger partial charge on any atom is -0.0617 e. The van der Waals surface area contributed by atoms with Crippen LogP contribution in [0.4, 0.5) is 0 Å². The molecule has 0 unspecified atom stereocenters. The second-order valence-electron chi connectivity index (χ2n) is 31.7. The van der Waals surface area contributed by atoms with Crippen LogP contribution in [0.2, 0.25) is 0 Å². The van der Waals surface area contributed by atoms with Crippen molar-refractivity contribution in [2.45, 2.75) is 279 Å². The van der Waals surface area contributed by atoms with E-state index in [1.807, 2.05) is 128 Å². The third-order valence-electron chi connectivity index (χ3n) is 16.0. The van der Waals surface area contributed by atoms with Crippen LogP contribution in [0.25, 0.3) is 32.3 Å². The Morgan fingerprint density at radius 3 is 1.11 bits per heavy atom. The Kier molecular flexibility index (Phi) is 15.9. The maximum atomic E-state index is 8.87. The molecule has 0 aliphatic heterocycles. The maximum absolute atomic E-state index is 8.87. The number of rotatable bonds is 0. The molecule has 0 heteroatoms. The van der Waals surface area contributed by atoms with Crippen molar-refractivity contribution in [2.24, 2.45) is 0 Å². The lowest BCUT2D eigenvalue weighted by molar-refractivity contribution is 0.569. The van der Waals surface area contributed by atoms with Gasteiger partial charge in [-0.05, 0) is 228 Å². The van der Waals surface area contributed by atoms with E-state index in [1.54, 1.807) is 6.92 Å². The molecule has 0 saturated carbocycles. The summed E-state index contributed by atoms with van der Waals surface area (Å²) in [6.45, 7) is 65.7. The highest BCUT2D eigenvalue weighted by atomic mass is 14.3. The van der Waals surface area contributed by atoms with Crippen LogP contribution in [0.3, 0.4) is 0 Å². The summed E-state index contributed by atoms with van der Waals surface area (Å²) in [6, 6.07) is 18.0. The molecular weight excluding hydrogens is 1010 g/mol. The summed E-state index contributed by atoms with van der Waals surface area (Å²) in [5.41, 5.74) is 16.1. The Labute approximate surface area is 537 Å². The average Bonchev–Trinajstić information content (AvgIpc) is 0.729. The van der Waals surface area contributed by atoms with Crippen LogP contribution in [0.15, 0.2) is 109 Å². The molecule has 8 rings (SSSR count). The molecule has 84 heavy (non-hydrogen) atoms. The molecule has 0 aliphatic rings. The largest absolute Gasteiger partial charge is 0.0632 e. The first-order valence-electron chi connectivity index (χ1n) is 37.6. The Balaban J connectivity index is 0.000000264. The predicted octanol–water partition coefficient (Wildman–Crippen LogP) is 25.4. The minimum absolute atomic E-state index is 0.0138. The molecule has 8 aromatic carbocycles. The van der Waals surface area contributed by atoms with Gasteiger partial charge in [-0.15, -0.1) is 0 Å². The fourth-order valence-corrected chi connectivity index (χ4v) is 11.4.